The third-order valence-electron chi connectivity index (χ3n) is 2.31. The minimum Gasteiger partial charge on any atom is -0.478 e. The summed E-state index contributed by atoms with van der Waals surface area (Å²) in [5.41, 5.74) is 3.64. The average Bonchev–Trinajstić information content (AvgIpc) is 2.40. The van der Waals surface area contributed by atoms with E-state index < -0.39 is 40.5 Å². The zero-order valence-electron chi connectivity index (χ0n) is 10.7. The van der Waals surface area contributed by atoms with Crippen LogP contribution in [-0.4, -0.2) is 42.6 Å². The third-order valence-corrected chi connectivity index (χ3v) is 2.31. The number of rotatable bonds is 7. The molecule has 7 nitrogen and oxygen atoms in total. The molecule has 2 amide bonds. The predicted molar refractivity (Wildman–Crippen MR) is 65.7 cm³/mol. The second-order valence-corrected chi connectivity index (χ2v) is 3.89. The van der Waals surface area contributed by atoms with Crippen LogP contribution in [0.1, 0.15) is 20.7 Å². The molecule has 0 saturated carbocycles. The third kappa shape index (κ3) is 4.80. The maximum atomic E-state index is 13.1. The van der Waals surface area contributed by atoms with E-state index >= 15 is 0 Å². The van der Waals surface area contributed by atoms with E-state index in [0.29, 0.717) is 12.1 Å². The van der Waals surface area contributed by atoms with Crippen molar-refractivity contribution in [1.82, 2.24) is 5.32 Å². The molecule has 0 bridgehead atoms. The molecular formula is C12H12F2N2O5. The molecule has 1 rings (SSSR count). The first kappa shape index (κ1) is 16.5. The zero-order valence-corrected chi connectivity index (χ0v) is 10.7. The van der Waals surface area contributed by atoms with Gasteiger partial charge in [-0.2, -0.15) is 0 Å². The lowest BCUT2D eigenvalue weighted by Crippen LogP contribution is -2.30. The largest absolute Gasteiger partial charge is 0.478 e. The number of hydrogen-bond acceptors (Lipinski definition) is 4. The Hall–Kier alpha value is -2.55. The first-order chi connectivity index (χ1) is 9.82. The van der Waals surface area contributed by atoms with Crippen LogP contribution in [0.5, 0.6) is 0 Å². The maximum Gasteiger partial charge on any atom is 0.336 e. The number of carbonyl (C=O) groups is 3. The van der Waals surface area contributed by atoms with Gasteiger partial charge in [0, 0.05) is 6.54 Å². The van der Waals surface area contributed by atoms with Gasteiger partial charge in [0.1, 0.15) is 6.61 Å². The Kier molecular flexibility index (Phi) is 5.73. The SMILES string of the molecule is NC(=O)COCCNC(=O)c1cc(F)c(F)cc1C(=O)O. The van der Waals surface area contributed by atoms with E-state index in [1.54, 1.807) is 0 Å². The van der Waals surface area contributed by atoms with Gasteiger partial charge in [0.05, 0.1) is 17.7 Å². The molecule has 0 unspecified atom stereocenters. The lowest BCUT2D eigenvalue weighted by Gasteiger charge is -2.08. The summed E-state index contributed by atoms with van der Waals surface area (Å²) in [6.07, 6.45) is 0. The monoisotopic (exact) mass is 302 g/mol. The molecule has 0 atom stereocenters. The number of nitrogens with one attached hydrogen (secondary N) is 1. The highest BCUT2D eigenvalue weighted by molar-refractivity contribution is 6.04. The Morgan fingerprint density at radius 1 is 1.19 bits per heavy atom. The van der Waals surface area contributed by atoms with Crippen LogP contribution in [0.3, 0.4) is 0 Å². The summed E-state index contributed by atoms with van der Waals surface area (Å²) >= 11 is 0. The Balaban J connectivity index is 2.71. The van der Waals surface area contributed by atoms with Gasteiger partial charge in [0.2, 0.25) is 5.91 Å². The van der Waals surface area contributed by atoms with E-state index in [1.165, 1.54) is 0 Å². The fourth-order valence-corrected chi connectivity index (χ4v) is 1.42. The van der Waals surface area contributed by atoms with Crippen molar-refractivity contribution >= 4 is 17.8 Å². The van der Waals surface area contributed by atoms with Crippen molar-refractivity contribution in [3.05, 3.63) is 34.9 Å². The van der Waals surface area contributed by atoms with Crippen molar-refractivity contribution in [2.75, 3.05) is 19.8 Å². The van der Waals surface area contributed by atoms with E-state index in [0.717, 1.165) is 0 Å². The van der Waals surface area contributed by atoms with Crippen LogP contribution in [0, 0.1) is 11.6 Å². The molecule has 0 heterocycles. The van der Waals surface area contributed by atoms with Gasteiger partial charge in [0.15, 0.2) is 11.6 Å². The van der Waals surface area contributed by atoms with Crippen LogP contribution in [0.25, 0.3) is 0 Å². The fraction of sp³-hybridized carbons (Fsp3) is 0.250. The van der Waals surface area contributed by atoms with Crippen LogP contribution >= 0.6 is 0 Å². The highest BCUT2D eigenvalue weighted by Crippen LogP contribution is 2.15. The summed E-state index contributed by atoms with van der Waals surface area (Å²) in [6.45, 7) is -0.452. The van der Waals surface area contributed by atoms with E-state index in [1.807, 2.05) is 0 Å². The van der Waals surface area contributed by atoms with E-state index in [4.69, 9.17) is 15.6 Å². The number of carboxylic acid groups (broad SMARTS) is 1. The average molecular weight is 302 g/mol. The highest BCUT2D eigenvalue weighted by Gasteiger charge is 2.20. The fourth-order valence-electron chi connectivity index (χ4n) is 1.42. The van der Waals surface area contributed by atoms with Crippen LogP contribution in [0.4, 0.5) is 8.78 Å². The lowest BCUT2D eigenvalue weighted by atomic mass is 10.1. The summed E-state index contributed by atoms with van der Waals surface area (Å²) in [6, 6.07) is 0.925. The molecule has 0 fully saturated rings. The molecule has 0 aliphatic heterocycles. The lowest BCUT2D eigenvalue weighted by molar-refractivity contribution is -0.122. The van der Waals surface area contributed by atoms with Gasteiger partial charge in [-0.05, 0) is 12.1 Å². The molecule has 0 saturated heterocycles. The molecule has 9 heteroatoms. The number of ether oxygens (including phenoxy) is 1. The molecule has 4 N–H and O–H groups in total. The highest BCUT2D eigenvalue weighted by atomic mass is 19.2. The number of primary amides is 1. The number of benzene rings is 1. The van der Waals surface area contributed by atoms with E-state index in [-0.39, 0.29) is 19.8 Å². The molecule has 0 aliphatic rings. The molecule has 1 aromatic carbocycles. The topological polar surface area (TPSA) is 119 Å². The summed E-state index contributed by atoms with van der Waals surface area (Å²) in [4.78, 5) is 33.0. The maximum absolute atomic E-state index is 13.1. The van der Waals surface area contributed by atoms with Gasteiger partial charge in [-0.3, -0.25) is 9.59 Å². The van der Waals surface area contributed by atoms with Gasteiger partial charge < -0.3 is 20.9 Å². The number of carbonyl (C=O) groups excluding carboxylic acids is 2. The first-order valence-electron chi connectivity index (χ1n) is 5.69. The van der Waals surface area contributed by atoms with Crippen molar-refractivity contribution in [2.24, 2.45) is 5.73 Å². The second kappa shape index (κ2) is 7.29. The minimum absolute atomic E-state index is 0.0548. The molecule has 21 heavy (non-hydrogen) atoms. The summed E-state index contributed by atoms with van der Waals surface area (Å²) in [5.74, 6) is -5.86. The number of halogens is 2. The molecule has 1 aromatic rings. The Labute approximate surface area is 117 Å². The van der Waals surface area contributed by atoms with Crippen molar-refractivity contribution in [3.8, 4) is 0 Å². The number of amides is 2. The first-order valence-corrected chi connectivity index (χ1v) is 5.69. The van der Waals surface area contributed by atoms with Crippen molar-refractivity contribution in [1.29, 1.82) is 0 Å². The van der Waals surface area contributed by atoms with Crippen LogP contribution in [-0.2, 0) is 9.53 Å². The molecule has 0 spiro atoms. The molecule has 0 aromatic heterocycles. The van der Waals surface area contributed by atoms with E-state index in [2.05, 4.69) is 5.32 Å². The van der Waals surface area contributed by atoms with Crippen molar-refractivity contribution in [2.45, 2.75) is 0 Å². The van der Waals surface area contributed by atoms with Gasteiger partial charge in [-0.25, -0.2) is 13.6 Å². The molecule has 114 valence electrons. The van der Waals surface area contributed by atoms with Crippen LogP contribution < -0.4 is 11.1 Å². The Morgan fingerprint density at radius 2 is 1.76 bits per heavy atom. The van der Waals surface area contributed by atoms with Gasteiger partial charge in [-0.1, -0.05) is 0 Å². The van der Waals surface area contributed by atoms with Crippen molar-refractivity contribution < 1.29 is 33.0 Å². The van der Waals surface area contributed by atoms with Crippen LogP contribution in [0.15, 0.2) is 12.1 Å². The van der Waals surface area contributed by atoms with Gasteiger partial charge >= 0.3 is 5.97 Å². The summed E-state index contributed by atoms with van der Waals surface area (Å²) in [7, 11) is 0. The van der Waals surface area contributed by atoms with Gasteiger partial charge in [-0.15, -0.1) is 0 Å². The number of hydrogen-bond donors (Lipinski definition) is 3. The smallest absolute Gasteiger partial charge is 0.336 e. The molecular weight excluding hydrogens is 290 g/mol. The normalized spacial score (nSPS) is 10.2. The minimum atomic E-state index is -1.57. The second-order valence-electron chi connectivity index (χ2n) is 3.89. The number of nitrogens with two attached hydrogens (primary N) is 1. The van der Waals surface area contributed by atoms with E-state index in [9.17, 15) is 23.2 Å². The standard InChI is InChI=1S/C12H12F2N2O5/c13-8-3-6(7(12(19)20)4-9(8)14)11(18)16-1-2-21-5-10(15)17/h3-4H,1-2,5H2,(H2,15,17)(H,16,18)(H,19,20). The number of aromatic carboxylic acids is 1. The molecule has 0 aliphatic carbocycles. The van der Waals surface area contributed by atoms with Gasteiger partial charge in [0.25, 0.3) is 5.91 Å². The quantitative estimate of drug-likeness (QED) is 0.607. The Morgan fingerprint density at radius 3 is 2.29 bits per heavy atom. The predicted octanol–water partition coefficient (Wildman–Crippen LogP) is -0.105. The Bertz CT molecular complexity index is 577. The molecule has 0 radical (unpaired) electrons. The number of carboxylic acids is 1. The summed E-state index contributed by atoms with van der Waals surface area (Å²) in [5, 5.41) is 11.1. The van der Waals surface area contributed by atoms with Crippen molar-refractivity contribution in [3.63, 3.8) is 0 Å². The summed E-state index contributed by atoms with van der Waals surface area (Å²) < 4.78 is 30.8. The van der Waals surface area contributed by atoms with Crippen LogP contribution in [0.2, 0.25) is 0 Å². The zero-order chi connectivity index (χ0) is 16.0.